The van der Waals surface area contributed by atoms with Crippen LogP contribution in [0.2, 0.25) is 0 Å². The van der Waals surface area contributed by atoms with Crippen molar-refractivity contribution in [2.24, 2.45) is 5.41 Å². The average Bonchev–Trinajstić information content (AvgIpc) is 3.85. The molecule has 59 heavy (non-hydrogen) atoms. The van der Waals surface area contributed by atoms with Crippen molar-refractivity contribution in [3.63, 3.8) is 0 Å². The number of nitrogens with zero attached hydrogens (tertiary/aromatic N) is 2. The van der Waals surface area contributed by atoms with Crippen LogP contribution in [0.3, 0.4) is 0 Å². The molecular weight excluding hydrogens is 764 g/mol. The largest absolute Gasteiger partial charge is 0.460 e. The van der Waals surface area contributed by atoms with Crippen LogP contribution in [-0.2, 0) is 67.1 Å². The molecule has 318 valence electrons. The summed E-state index contributed by atoms with van der Waals surface area (Å²) in [5.41, 5.74) is 1.26. The number of nitrogens with one attached hydrogen (secondary N) is 2. The number of hydrogen-bond acceptors (Lipinski definition) is 13. The van der Waals surface area contributed by atoms with Crippen LogP contribution in [0, 0.1) is 5.41 Å². The van der Waals surface area contributed by atoms with Crippen molar-refractivity contribution >= 4 is 35.7 Å². The molecule has 3 saturated heterocycles. The molecule has 3 amide bonds. The van der Waals surface area contributed by atoms with E-state index in [1.54, 1.807) is 40.9 Å². The van der Waals surface area contributed by atoms with Gasteiger partial charge in [-0.25, -0.2) is 0 Å². The Balaban J connectivity index is 1.16. The van der Waals surface area contributed by atoms with Gasteiger partial charge in [0.1, 0.15) is 41.5 Å². The summed E-state index contributed by atoms with van der Waals surface area (Å²) < 4.78 is 24.9. The van der Waals surface area contributed by atoms with Gasteiger partial charge in [-0.1, -0.05) is 48.5 Å². The molecule has 2 aliphatic carbocycles. The van der Waals surface area contributed by atoms with Crippen LogP contribution >= 0.6 is 0 Å². The summed E-state index contributed by atoms with van der Waals surface area (Å²) in [4.78, 5) is 75.5. The van der Waals surface area contributed by atoms with Crippen molar-refractivity contribution in [1.82, 2.24) is 20.6 Å². The van der Waals surface area contributed by atoms with E-state index in [2.05, 4.69) is 10.6 Å². The lowest BCUT2D eigenvalue weighted by molar-refractivity contribution is -0.217. The molecule has 0 aromatic heterocycles. The molecule has 16 nitrogen and oxygen atoms in total. The van der Waals surface area contributed by atoms with E-state index < -0.39 is 95.8 Å². The third kappa shape index (κ3) is 8.52. The summed E-state index contributed by atoms with van der Waals surface area (Å²) in [6.45, 7) is 6.07. The number of hydrogen-bond donors (Lipinski definition) is 4. The first-order valence-electron chi connectivity index (χ1n) is 20.1. The van der Waals surface area contributed by atoms with Crippen molar-refractivity contribution in [3.8, 4) is 0 Å². The summed E-state index contributed by atoms with van der Waals surface area (Å²) in [5.74, 6) is -3.99. The normalized spacial score (nSPS) is 28.0. The lowest BCUT2D eigenvalue weighted by Gasteiger charge is -2.49. The van der Waals surface area contributed by atoms with E-state index in [-0.39, 0.29) is 31.7 Å². The summed E-state index contributed by atoms with van der Waals surface area (Å²) in [7, 11) is 3.32. The lowest BCUT2D eigenvalue weighted by atomic mass is 9.62. The second-order valence-electron chi connectivity index (χ2n) is 17.4. The number of carbonyl (C=O) groups is 5. The minimum absolute atomic E-state index is 0.0170. The van der Waals surface area contributed by atoms with Gasteiger partial charge in [0.25, 0.3) is 0 Å². The molecule has 7 rings (SSSR count). The van der Waals surface area contributed by atoms with E-state index in [9.17, 15) is 34.2 Å². The van der Waals surface area contributed by atoms with E-state index in [1.165, 1.54) is 23.0 Å². The highest BCUT2D eigenvalue weighted by atomic mass is 16.8. The highest BCUT2D eigenvalue weighted by molar-refractivity contribution is 5.96. The first-order chi connectivity index (χ1) is 27.9. The van der Waals surface area contributed by atoms with Crippen LogP contribution in [0.1, 0.15) is 69.2 Å². The lowest BCUT2D eigenvalue weighted by Crippen LogP contribution is -2.71. The molecule has 5 aliphatic rings. The maximum atomic E-state index is 15.0. The molecule has 1 spiro atoms. The third-order valence-corrected chi connectivity index (χ3v) is 11.6. The van der Waals surface area contributed by atoms with Gasteiger partial charge in [0.15, 0.2) is 11.8 Å². The zero-order valence-corrected chi connectivity index (χ0v) is 34.2. The van der Waals surface area contributed by atoms with E-state index >= 15 is 0 Å². The highest BCUT2D eigenvalue weighted by Gasteiger charge is 2.76. The number of likely N-dealkylation sites (N-methyl/N-ethyl adjacent to an activating group) is 1. The maximum absolute atomic E-state index is 15.0. The molecule has 16 heteroatoms. The second-order valence-corrected chi connectivity index (χ2v) is 17.4. The fourth-order valence-corrected chi connectivity index (χ4v) is 8.86. The highest BCUT2D eigenvalue weighted by Crippen LogP contribution is 2.58. The Bertz CT molecular complexity index is 1950. The number of ether oxygens (including phenoxy) is 4. The molecule has 1 saturated carbocycles. The first kappa shape index (κ1) is 42.4. The maximum Gasteiger partial charge on any atom is 0.327 e. The molecule has 2 aromatic rings. The van der Waals surface area contributed by atoms with Crippen LogP contribution in [-0.4, -0.2) is 131 Å². The number of rotatable bonds is 13. The van der Waals surface area contributed by atoms with Gasteiger partial charge in [-0.2, -0.15) is 5.06 Å². The molecule has 9 unspecified atom stereocenters. The Morgan fingerprint density at radius 1 is 1.02 bits per heavy atom. The van der Waals surface area contributed by atoms with E-state index in [0.717, 1.165) is 22.3 Å². The van der Waals surface area contributed by atoms with Crippen LogP contribution in [0.5, 0.6) is 0 Å². The molecule has 2 aromatic carbocycles. The minimum Gasteiger partial charge on any atom is -0.460 e. The summed E-state index contributed by atoms with van der Waals surface area (Å²) in [6.07, 6.45) is -1.01. The average molecular weight is 819 g/mol. The number of benzene rings is 2. The number of carbonyl (C=O) groups excluding carboxylic acids is 5. The smallest absolute Gasteiger partial charge is 0.327 e. The monoisotopic (exact) mass is 818 g/mol. The predicted octanol–water partition coefficient (Wildman–Crippen LogP) is 1.33. The number of aliphatic hydroxyl groups excluding tert-OH is 2. The van der Waals surface area contributed by atoms with Crippen molar-refractivity contribution in [2.75, 3.05) is 20.7 Å². The molecular formula is C43H54N4O12. The topological polar surface area (TPSA) is 202 Å². The number of fused-ring (bicyclic) bond motifs is 5. The zero-order valence-electron chi connectivity index (χ0n) is 34.2. The first-order valence-corrected chi connectivity index (χ1v) is 20.1. The Labute approximate surface area is 343 Å². The minimum atomic E-state index is -1.66. The van der Waals surface area contributed by atoms with Crippen molar-refractivity contribution in [2.45, 2.75) is 126 Å². The van der Waals surface area contributed by atoms with Gasteiger partial charge in [0.05, 0.1) is 25.3 Å². The molecule has 9 atom stereocenters. The molecule has 4 N–H and O–H groups in total. The van der Waals surface area contributed by atoms with Crippen LogP contribution in [0.25, 0.3) is 6.08 Å². The number of amides is 3. The Morgan fingerprint density at radius 2 is 1.68 bits per heavy atom. The molecule has 0 radical (unpaired) electrons. The number of esters is 2. The van der Waals surface area contributed by atoms with Crippen molar-refractivity contribution in [1.29, 1.82) is 0 Å². The van der Waals surface area contributed by atoms with E-state index in [0.29, 0.717) is 12.8 Å². The molecule has 4 fully saturated rings. The zero-order chi connectivity index (χ0) is 42.4. The van der Waals surface area contributed by atoms with Gasteiger partial charge in [-0.3, -0.25) is 28.8 Å². The Hall–Kier alpha value is -4.71. The van der Waals surface area contributed by atoms with E-state index in [4.69, 9.17) is 23.8 Å². The predicted molar refractivity (Wildman–Crippen MR) is 209 cm³/mol. The SMILES string of the molecule is CC(O)C(NC(=O)C12CC3OC(=O)C1N(Cc1ccc(C=CC(=O)N(C)C)cc1)OC2C1OC2(Cc4ccccc4C2)OC31)C(=O)NC(CO)CCC(=O)OC(C)(C)C. The molecule has 3 aliphatic heterocycles. The third-order valence-electron chi connectivity index (χ3n) is 11.6. The van der Waals surface area contributed by atoms with Crippen LogP contribution < -0.4 is 10.6 Å². The van der Waals surface area contributed by atoms with Gasteiger partial charge in [-0.05, 0) is 62.4 Å². The standard InChI is InChI=1S/C43H54N4O12/c1-24(49)33(38(52)44-29(23-48)16-18-32(51)56-41(2,3)4)45-40(54)43-21-30-34-35(58-42(57-34)19-27-9-7-8-10-28(27)20-42)37(43)59-47(36(43)39(53)55-30)22-26-13-11-25(12-14-26)15-17-31(50)46(5)6/h7-15,17,24,29-30,33-37,48-49H,16,18-23H2,1-6H3,(H,44,52)(H,45,54). The Kier molecular flexibility index (Phi) is 11.8. The van der Waals surface area contributed by atoms with Crippen LogP contribution in [0.4, 0.5) is 0 Å². The summed E-state index contributed by atoms with van der Waals surface area (Å²) >= 11 is 0. The van der Waals surface area contributed by atoms with Gasteiger partial charge in [0, 0.05) is 45.9 Å². The quantitative estimate of drug-likeness (QED) is 0.167. The summed E-state index contributed by atoms with van der Waals surface area (Å²) in [5, 5.41) is 27.8. The van der Waals surface area contributed by atoms with Gasteiger partial charge in [-0.15, -0.1) is 0 Å². The van der Waals surface area contributed by atoms with Crippen LogP contribution in [0.15, 0.2) is 54.6 Å². The fourth-order valence-electron chi connectivity index (χ4n) is 8.86. The number of aliphatic hydroxyl groups is 2. The fraction of sp³-hybridized carbons (Fsp3) is 0.558. The Morgan fingerprint density at radius 3 is 2.29 bits per heavy atom. The molecule has 2 bridgehead atoms. The van der Waals surface area contributed by atoms with Gasteiger partial charge >= 0.3 is 11.9 Å². The van der Waals surface area contributed by atoms with E-state index in [1.807, 2.05) is 48.5 Å². The second kappa shape index (κ2) is 16.4. The number of hydroxylamine groups is 2. The molecule has 3 heterocycles. The summed E-state index contributed by atoms with van der Waals surface area (Å²) in [6, 6.07) is 11.5. The van der Waals surface area contributed by atoms with Gasteiger partial charge < -0.3 is 44.7 Å². The van der Waals surface area contributed by atoms with Gasteiger partial charge in [0.2, 0.25) is 17.7 Å². The van der Waals surface area contributed by atoms with Crippen molar-refractivity contribution < 1.29 is 58.0 Å². The van der Waals surface area contributed by atoms with Crippen molar-refractivity contribution in [3.05, 3.63) is 76.9 Å².